The van der Waals surface area contributed by atoms with E-state index >= 15 is 0 Å². The lowest BCUT2D eigenvalue weighted by molar-refractivity contribution is -0.217. The number of hydroxylamine groups is 2. The molecule has 9 heteroatoms. The van der Waals surface area contributed by atoms with Crippen LogP contribution in [-0.4, -0.2) is 53.7 Å². The number of fused-ring (bicyclic) bond motifs is 3. The summed E-state index contributed by atoms with van der Waals surface area (Å²) in [5.41, 5.74) is 3.83. The highest BCUT2D eigenvalue weighted by Crippen LogP contribution is 2.44. The van der Waals surface area contributed by atoms with Crippen LogP contribution in [0.15, 0.2) is 78.9 Å². The van der Waals surface area contributed by atoms with E-state index in [2.05, 4.69) is 10.6 Å². The monoisotopic (exact) mass is 543 g/mol. The number of hydrogen-bond donors (Lipinski definition) is 2. The second-order valence-corrected chi connectivity index (χ2v) is 10.5. The molecule has 0 radical (unpaired) electrons. The Bertz CT molecular complexity index is 1350. The number of carbonyl (C=O) groups excluding carboxylic acids is 4. The molecule has 3 aromatic rings. The molecule has 0 heterocycles. The van der Waals surface area contributed by atoms with Gasteiger partial charge in [-0.05, 0) is 62.1 Å². The van der Waals surface area contributed by atoms with E-state index in [9.17, 15) is 19.2 Å². The largest absolute Gasteiger partial charge is 0.449 e. The molecule has 1 atom stereocenters. The standard InChI is InChI=1S/C31H33N3O6/c1-20(29(37)34(31(2,3)4)40-27(35)18-32-28(36)21-12-6-5-7-13-21)33-30(38)39-19-26-24-16-10-8-14-22(24)23-15-9-11-17-25(23)26/h5-17,20,26H,18-19H2,1-4H3,(H,32,36)(H,33,38)/t20-/m0/s1. The van der Waals surface area contributed by atoms with Crippen LogP contribution >= 0.6 is 0 Å². The Balaban J connectivity index is 1.33. The summed E-state index contributed by atoms with van der Waals surface area (Å²) >= 11 is 0. The van der Waals surface area contributed by atoms with Crippen molar-refractivity contribution in [1.82, 2.24) is 15.7 Å². The molecule has 1 aliphatic carbocycles. The van der Waals surface area contributed by atoms with Crippen LogP contribution in [0.2, 0.25) is 0 Å². The van der Waals surface area contributed by atoms with Crippen LogP contribution in [0.5, 0.6) is 0 Å². The van der Waals surface area contributed by atoms with Crippen molar-refractivity contribution in [2.45, 2.75) is 45.2 Å². The summed E-state index contributed by atoms with van der Waals surface area (Å²) in [6.07, 6.45) is -0.766. The molecule has 208 valence electrons. The molecule has 9 nitrogen and oxygen atoms in total. The molecule has 0 saturated carbocycles. The zero-order chi connectivity index (χ0) is 28.9. The summed E-state index contributed by atoms with van der Waals surface area (Å²) in [5, 5.41) is 5.91. The Labute approximate surface area is 233 Å². The summed E-state index contributed by atoms with van der Waals surface area (Å²) < 4.78 is 5.54. The van der Waals surface area contributed by atoms with Crippen molar-refractivity contribution < 1.29 is 28.8 Å². The topological polar surface area (TPSA) is 114 Å². The van der Waals surface area contributed by atoms with Crippen LogP contribution in [0.25, 0.3) is 11.1 Å². The number of alkyl carbamates (subject to hydrolysis) is 1. The van der Waals surface area contributed by atoms with Crippen molar-refractivity contribution in [1.29, 1.82) is 0 Å². The van der Waals surface area contributed by atoms with Gasteiger partial charge in [-0.1, -0.05) is 66.7 Å². The Morgan fingerprint density at radius 1 is 0.850 bits per heavy atom. The first-order chi connectivity index (χ1) is 19.1. The maximum atomic E-state index is 13.2. The van der Waals surface area contributed by atoms with Crippen LogP contribution in [0.3, 0.4) is 0 Å². The van der Waals surface area contributed by atoms with E-state index in [0.29, 0.717) is 5.56 Å². The van der Waals surface area contributed by atoms with Crippen molar-refractivity contribution in [2.75, 3.05) is 13.2 Å². The number of benzene rings is 3. The first-order valence-electron chi connectivity index (χ1n) is 13.1. The summed E-state index contributed by atoms with van der Waals surface area (Å²) in [6, 6.07) is 23.3. The minimum absolute atomic E-state index is 0.0971. The molecule has 1 aliphatic rings. The van der Waals surface area contributed by atoms with Crippen molar-refractivity contribution in [3.05, 3.63) is 95.6 Å². The number of nitrogens with zero attached hydrogens (tertiary/aromatic N) is 1. The fourth-order valence-corrected chi connectivity index (χ4v) is 4.55. The third-order valence-electron chi connectivity index (χ3n) is 6.48. The lowest BCUT2D eigenvalue weighted by atomic mass is 9.98. The second kappa shape index (κ2) is 12.0. The number of rotatable bonds is 7. The van der Waals surface area contributed by atoms with E-state index in [1.54, 1.807) is 51.1 Å². The Kier molecular flexibility index (Phi) is 8.52. The molecule has 3 aromatic carbocycles. The molecular weight excluding hydrogens is 510 g/mol. The molecule has 0 aliphatic heterocycles. The molecule has 40 heavy (non-hydrogen) atoms. The molecule has 0 saturated heterocycles. The van der Waals surface area contributed by atoms with E-state index in [1.165, 1.54) is 6.92 Å². The summed E-state index contributed by atoms with van der Waals surface area (Å²) in [4.78, 5) is 55.9. The third kappa shape index (κ3) is 6.48. The van der Waals surface area contributed by atoms with Gasteiger partial charge in [0.1, 0.15) is 19.2 Å². The number of nitrogens with one attached hydrogen (secondary N) is 2. The highest BCUT2D eigenvalue weighted by atomic mass is 16.7. The molecule has 0 aromatic heterocycles. The number of hydrogen-bond acceptors (Lipinski definition) is 6. The van der Waals surface area contributed by atoms with Gasteiger partial charge < -0.3 is 20.2 Å². The van der Waals surface area contributed by atoms with Crippen LogP contribution < -0.4 is 10.6 Å². The van der Waals surface area contributed by atoms with Gasteiger partial charge in [0.2, 0.25) is 0 Å². The van der Waals surface area contributed by atoms with Crippen molar-refractivity contribution in [3.8, 4) is 11.1 Å². The minimum atomic E-state index is -1.05. The van der Waals surface area contributed by atoms with E-state index in [1.807, 2.05) is 48.5 Å². The van der Waals surface area contributed by atoms with Gasteiger partial charge in [-0.3, -0.25) is 9.59 Å². The van der Waals surface area contributed by atoms with Gasteiger partial charge in [0, 0.05) is 11.5 Å². The summed E-state index contributed by atoms with van der Waals surface area (Å²) in [7, 11) is 0. The van der Waals surface area contributed by atoms with Crippen LogP contribution in [0.1, 0.15) is 55.1 Å². The fourth-order valence-electron chi connectivity index (χ4n) is 4.55. The van der Waals surface area contributed by atoms with Gasteiger partial charge in [0.15, 0.2) is 0 Å². The summed E-state index contributed by atoms with van der Waals surface area (Å²) in [5.74, 6) is -2.05. The Hall–Kier alpha value is -4.66. The van der Waals surface area contributed by atoms with E-state index in [-0.39, 0.29) is 12.5 Å². The smallest absolute Gasteiger partial charge is 0.407 e. The van der Waals surface area contributed by atoms with Crippen molar-refractivity contribution >= 4 is 23.9 Å². The first-order valence-corrected chi connectivity index (χ1v) is 13.1. The SMILES string of the molecule is C[C@H](NC(=O)OCC1c2ccccc2-c2ccccc21)C(=O)N(OC(=O)CNC(=O)c1ccccc1)C(C)(C)C. The van der Waals surface area contributed by atoms with Crippen LogP contribution in [-0.2, 0) is 19.2 Å². The van der Waals surface area contributed by atoms with Gasteiger partial charge >= 0.3 is 12.1 Å². The van der Waals surface area contributed by atoms with E-state index in [0.717, 1.165) is 27.3 Å². The van der Waals surface area contributed by atoms with E-state index in [4.69, 9.17) is 9.57 Å². The average molecular weight is 544 g/mol. The van der Waals surface area contributed by atoms with Crippen molar-refractivity contribution in [3.63, 3.8) is 0 Å². The first kappa shape index (κ1) is 28.4. The lowest BCUT2D eigenvalue weighted by Gasteiger charge is -2.34. The Morgan fingerprint density at radius 2 is 1.40 bits per heavy atom. The highest BCUT2D eigenvalue weighted by Gasteiger charge is 2.35. The van der Waals surface area contributed by atoms with Gasteiger partial charge in [-0.15, -0.1) is 0 Å². The van der Waals surface area contributed by atoms with Gasteiger partial charge in [-0.2, -0.15) is 5.06 Å². The van der Waals surface area contributed by atoms with Crippen LogP contribution in [0, 0.1) is 0 Å². The molecule has 0 unspecified atom stereocenters. The molecule has 4 rings (SSSR count). The maximum absolute atomic E-state index is 13.2. The predicted octanol–water partition coefficient (Wildman–Crippen LogP) is 4.43. The van der Waals surface area contributed by atoms with Gasteiger partial charge in [0.25, 0.3) is 11.8 Å². The molecular formula is C31H33N3O6. The lowest BCUT2D eigenvalue weighted by Crippen LogP contribution is -2.55. The van der Waals surface area contributed by atoms with Gasteiger partial charge in [0.05, 0.1) is 5.54 Å². The molecule has 2 N–H and O–H groups in total. The maximum Gasteiger partial charge on any atom is 0.407 e. The molecule has 0 bridgehead atoms. The average Bonchev–Trinajstić information content (AvgIpc) is 3.26. The van der Waals surface area contributed by atoms with E-state index < -0.39 is 42.0 Å². The molecule has 0 spiro atoms. The fraction of sp³-hybridized carbons (Fsp3) is 0.290. The Morgan fingerprint density at radius 3 is 1.98 bits per heavy atom. The molecule has 3 amide bonds. The minimum Gasteiger partial charge on any atom is -0.449 e. The van der Waals surface area contributed by atoms with Crippen molar-refractivity contribution in [2.24, 2.45) is 0 Å². The number of ether oxygens (including phenoxy) is 1. The third-order valence-corrected chi connectivity index (χ3v) is 6.48. The second-order valence-electron chi connectivity index (χ2n) is 10.5. The quantitative estimate of drug-likeness (QED) is 0.426. The normalized spacial score (nSPS) is 12.9. The molecule has 0 fully saturated rings. The van der Waals surface area contributed by atoms with Gasteiger partial charge in [-0.25, -0.2) is 9.59 Å². The number of amides is 3. The zero-order valence-corrected chi connectivity index (χ0v) is 23.0. The van der Waals surface area contributed by atoms with Crippen LogP contribution in [0.4, 0.5) is 4.79 Å². The number of carbonyl (C=O) groups is 4. The predicted molar refractivity (Wildman–Crippen MR) is 149 cm³/mol. The highest BCUT2D eigenvalue weighted by molar-refractivity contribution is 5.96. The zero-order valence-electron chi connectivity index (χ0n) is 23.0. The summed E-state index contributed by atoms with van der Waals surface area (Å²) in [6.45, 7) is 6.18.